The van der Waals surface area contributed by atoms with E-state index < -0.39 is 0 Å². The lowest BCUT2D eigenvalue weighted by molar-refractivity contribution is 0.372. The van der Waals surface area contributed by atoms with Crippen molar-refractivity contribution in [3.8, 4) is 16.2 Å². The van der Waals surface area contributed by atoms with Crippen molar-refractivity contribution >= 4 is 41.3 Å². The van der Waals surface area contributed by atoms with Crippen LogP contribution < -0.4 is 15.4 Å². The highest BCUT2D eigenvalue weighted by Gasteiger charge is 2.09. The van der Waals surface area contributed by atoms with Gasteiger partial charge in [0.1, 0.15) is 5.75 Å². The van der Waals surface area contributed by atoms with Crippen LogP contribution in [0.1, 0.15) is 36.1 Å². The van der Waals surface area contributed by atoms with Crippen LogP contribution in [0, 0.1) is 0 Å². The van der Waals surface area contributed by atoms with Crippen molar-refractivity contribution in [1.29, 1.82) is 0 Å². The molecular formula is C21H27IN4O2S. The maximum absolute atomic E-state index is 5.35. The van der Waals surface area contributed by atoms with Gasteiger partial charge in [0.15, 0.2) is 11.7 Å². The Kier molecular flexibility index (Phi) is 8.97. The van der Waals surface area contributed by atoms with Gasteiger partial charge in [-0.05, 0) is 47.9 Å². The average Bonchev–Trinajstić information content (AvgIpc) is 3.38. The summed E-state index contributed by atoms with van der Waals surface area (Å²) >= 11 is 1.76. The van der Waals surface area contributed by atoms with Gasteiger partial charge in [0, 0.05) is 22.9 Å². The summed E-state index contributed by atoms with van der Waals surface area (Å²) in [6.45, 7) is 5.43. The third kappa shape index (κ3) is 6.46. The molecule has 2 heterocycles. The summed E-state index contributed by atoms with van der Waals surface area (Å²) in [7, 11) is 3.43. The molecule has 0 atom stereocenters. The third-order valence-electron chi connectivity index (χ3n) is 4.29. The Labute approximate surface area is 192 Å². The normalized spacial score (nSPS) is 11.3. The Balaban J connectivity index is 0.00000300. The topological polar surface area (TPSA) is 71.7 Å². The number of hydrogen-bond acceptors (Lipinski definition) is 5. The number of aliphatic imine (C=N–C) groups is 1. The summed E-state index contributed by atoms with van der Waals surface area (Å²) in [6, 6.07) is 14.4. The zero-order valence-corrected chi connectivity index (χ0v) is 20.2. The van der Waals surface area contributed by atoms with Crippen molar-refractivity contribution in [2.45, 2.75) is 32.9 Å². The number of benzene rings is 1. The molecule has 8 heteroatoms. The first-order valence-corrected chi connectivity index (χ1v) is 10.0. The van der Waals surface area contributed by atoms with E-state index in [9.17, 15) is 0 Å². The molecular weight excluding hydrogens is 499 g/mol. The van der Waals surface area contributed by atoms with Crippen LogP contribution in [-0.2, 0) is 13.1 Å². The molecule has 29 heavy (non-hydrogen) atoms. The van der Waals surface area contributed by atoms with Crippen LogP contribution in [0.5, 0.6) is 5.75 Å². The van der Waals surface area contributed by atoms with Gasteiger partial charge < -0.3 is 19.9 Å². The summed E-state index contributed by atoms with van der Waals surface area (Å²) in [6.07, 6.45) is 0. The number of aromatic nitrogens is 1. The Morgan fingerprint density at radius 3 is 2.48 bits per heavy atom. The summed E-state index contributed by atoms with van der Waals surface area (Å²) < 4.78 is 10.6. The highest BCUT2D eigenvalue weighted by Crippen LogP contribution is 2.29. The largest absolute Gasteiger partial charge is 0.497 e. The van der Waals surface area contributed by atoms with Crippen LogP contribution in [0.25, 0.3) is 10.4 Å². The van der Waals surface area contributed by atoms with Crippen LogP contribution in [0.3, 0.4) is 0 Å². The molecule has 0 bridgehead atoms. The van der Waals surface area contributed by atoms with Crippen molar-refractivity contribution in [2.75, 3.05) is 14.2 Å². The van der Waals surface area contributed by atoms with E-state index in [1.54, 1.807) is 25.5 Å². The number of hydrogen-bond donors (Lipinski definition) is 2. The molecule has 3 rings (SSSR count). The molecule has 2 aromatic heterocycles. The second-order valence-electron chi connectivity index (χ2n) is 6.65. The minimum Gasteiger partial charge on any atom is -0.497 e. The number of methoxy groups -OCH3 is 1. The number of ether oxygens (including phenoxy) is 1. The molecule has 3 aromatic rings. The van der Waals surface area contributed by atoms with Crippen molar-refractivity contribution < 1.29 is 9.26 Å². The number of rotatable bonds is 7. The standard InChI is InChI=1S/C21H26N4O2S.HI/c1-14(2)19-11-17(27-25-19)12-23-21(22-3)24-13-18-9-10-20(28-18)15-5-7-16(26-4)8-6-15;/h5-11,14H,12-13H2,1-4H3,(H2,22,23,24);1H. The molecule has 156 valence electrons. The highest BCUT2D eigenvalue weighted by molar-refractivity contribution is 14.0. The number of guanidine groups is 1. The molecule has 0 aliphatic carbocycles. The second kappa shape index (κ2) is 11.2. The fourth-order valence-electron chi connectivity index (χ4n) is 2.63. The van der Waals surface area contributed by atoms with Crippen molar-refractivity contribution in [3.05, 3.63) is 58.8 Å². The molecule has 0 aliphatic heterocycles. The molecule has 0 saturated carbocycles. The maximum atomic E-state index is 5.35. The van der Waals surface area contributed by atoms with E-state index in [2.05, 4.69) is 58.9 Å². The Morgan fingerprint density at radius 1 is 1.14 bits per heavy atom. The van der Waals surface area contributed by atoms with Crippen molar-refractivity contribution in [3.63, 3.8) is 0 Å². The number of halogens is 1. The minimum atomic E-state index is 0. The van der Waals surface area contributed by atoms with E-state index in [1.807, 2.05) is 18.2 Å². The predicted molar refractivity (Wildman–Crippen MR) is 129 cm³/mol. The molecule has 0 saturated heterocycles. The number of nitrogens with one attached hydrogen (secondary N) is 2. The fourth-order valence-corrected chi connectivity index (χ4v) is 3.58. The van der Waals surface area contributed by atoms with E-state index in [4.69, 9.17) is 9.26 Å². The quantitative estimate of drug-likeness (QED) is 0.257. The van der Waals surface area contributed by atoms with Gasteiger partial charge in [0.25, 0.3) is 0 Å². The van der Waals surface area contributed by atoms with Crippen LogP contribution >= 0.6 is 35.3 Å². The third-order valence-corrected chi connectivity index (χ3v) is 5.42. The van der Waals surface area contributed by atoms with E-state index >= 15 is 0 Å². The van der Waals surface area contributed by atoms with Gasteiger partial charge in [-0.2, -0.15) is 0 Å². The molecule has 6 nitrogen and oxygen atoms in total. The molecule has 0 aliphatic rings. The van der Waals surface area contributed by atoms with Gasteiger partial charge in [-0.25, -0.2) is 0 Å². The van der Waals surface area contributed by atoms with Crippen LogP contribution in [0.4, 0.5) is 0 Å². The van der Waals surface area contributed by atoms with E-state index in [-0.39, 0.29) is 24.0 Å². The zero-order chi connectivity index (χ0) is 19.9. The van der Waals surface area contributed by atoms with Crippen molar-refractivity contribution in [2.24, 2.45) is 4.99 Å². The summed E-state index contributed by atoms with van der Waals surface area (Å²) in [4.78, 5) is 6.73. The molecule has 0 amide bonds. The Hall–Kier alpha value is -2.07. The minimum absolute atomic E-state index is 0. The summed E-state index contributed by atoms with van der Waals surface area (Å²) in [5.41, 5.74) is 2.15. The first kappa shape index (κ1) is 23.2. The van der Waals surface area contributed by atoms with Crippen LogP contribution in [0.2, 0.25) is 0 Å². The van der Waals surface area contributed by atoms with Gasteiger partial charge in [-0.15, -0.1) is 35.3 Å². The smallest absolute Gasteiger partial charge is 0.191 e. The zero-order valence-electron chi connectivity index (χ0n) is 17.1. The molecule has 0 fully saturated rings. The Bertz CT molecular complexity index is 919. The van der Waals surface area contributed by atoms with Crippen LogP contribution in [-0.4, -0.2) is 25.3 Å². The molecule has 0 radical (unpaired) electrons. The molecule has 0 unspecified atom stereocenters. The second-order valence-corrected chi connectivity index (χ2v) is 7.81. The number of thiophene rings is 1. The lowest BCUT2D eigenvalue weighted by Crippen LogP contribution is -2.36. The molecule has 0 spiro atoms. The van der Waals surface area contributed by atoms with Gasteiger partial charge in [-0.3, -0.25) is 4.99 Å². The van der Waals surface area contributed by atoms with Crippen LogP contribution in [0.15, 0.2) is 52.0 Å². The first-order chi connectivity index (χ1) is 13.6. The van der Waals surface area contributed by atoms with Crippen molar-refractivity contribution in [1.82, 2.24) is 15.8 Å². The highest BCUT2D eigenvalue weighted by atomic mass is 127. The lowest BCUT2D eigenvalue weighted by atomic mass is 10.1. The van der Waals surface area contributed by atoms with E-state index in [0.29, 0.717) is 19.0 Å². The molecule has 1 aromatic carbocycles. The van der Waals surface area contributed by atoms with E-state index in [1.165, 1.54) is 15.3 Å². The average molecular weight is 526 g/mol. The van der Waals surface area contributed by atoms with Gasteiger partial charge in [0.2, 0.25) is 0 Å². The summed E-state index contributed by atoms with van der Waals surface area (Å²) in [5, 5.41) is 10.7. The van der Waals surface area contributed by atoms with E-state index in [0.717, 1.165) is 23.2 Å². The SMILES string of the molecule is CN=C(NCc1cc(C(C)C)no1)NCc1ccc(-c2ccc(OC)cc2)s1.I. The fraction of sp³-hybridized carbons (Fsp3) is 0.333. The lowest BCUT2D eigenvalue weighted by Gasteiger charge is -2.09. The van der Waals surface area contributed by atoms with Gasteiger partial charge in [-0.1, -0.05) is 19.0 Å². The maximum Gasteiger partial charge on any atom is 0.191 e. The molecule has 2 N–H and O–H groups in total. The first-order valence-electron chi connectivity index (χ1n) is 9.22. The summed E-state index contributed by atoms with van der Waals surface area (Å²) in [5.74, 6) is 2.74. The number of nitrogens with zero attached hydrogens (tertiary/aromatic N) is 2. The Morgan fingerprint density at radius 2 is 1.86 bits per heavy atom. The monoisotopic (exact) mass is 526 g/mol. The predicted octanol–water partition coefficient (Wildman–Crippen LogP) is 5.02. The van der Waals surface area contributed by atoms with Gasteiger partial charge in [0.05, 0.1) is 25.9 Å². The van der Waals surface area contributed by atoms with Gasteiger partial charge >= 0.3 is 0 Å².